The summed E-state index contributed by atoms with van der Waals surface area (Å²) in [6.07, 6.45) is 1.79. The molecule has 1 amide bonds. The second kappa shape index (κ2) is 6.67. The minimum absolute atomic E-state index is 0.0401. The van der Waals surface area contributed by atoms with Gasteiger partial charge in [-0.3, -0.25) is 14.7 Å². The van der Waals surface area contributed by atoms with Crippen molar-refractivity contribution >= 4 is 28.9 Å². The highest BCUT2D eigenvalue weighted by Gasteiger charge is 2.31. The summed E-state index contributed by atoms with van der Waals surface area (Å²) in [6, 6.07) is 4.99. The lowest BCUT2D eigenvalue weighted by Crippen LogP contribution is -2.28. The van der Waals surface area contributed by atoms with Gasteiger partial charge in [0.2, 0.25) is 0 Å². The van der Waals surface area contributed by atoms with E-state index in [4.69, 9.17) is 4.74 Å². The molecule has 0 aromatic heterocycles. The average molecular weight is 306 g/mol. The van der Waals surface area contributed by atoms with Gasteiger partial charge in [0.15, 0.2) is 16.7 Å². The lowest BCUT2D eigenvalue weighted by atomic mass is 10.2. The third-order valence-corrected chi connectivity index (χ3v) is 4.04. The number of thioether (sulfide) groups is 1. The number of methoxy groups -OCH3 is 1. The van der Waals surface area contributed by atoms with Gasteiger partial charge in [0.05, 0.1) is 12.0 Å². The van der Waals surface area contributed by atoms with Crippen LogP contribution in [0.4, 0.5) is 0 Å². The minimum atomic E-state index is -0.0401. The number of nitrogens with zero attached hydrogens (tertiary/aromatic N) is 2. The molecule has 0 bridgehead atoms. The van der Waals surface area contributed by atoms with Gasteiger partial charge in [-0.2, -0.15) is 0 Å². The first-order valence-corrected chi connectivity index (χ1v) is 7.55. The molecule has 0 atom stereocenters. The van der Waals surface area contributed by atoms with Gasteiger partial charge in [-0.1, -0.05) is 6.07 Å². The number of carbonyl (C=O) groups is 1. The van der Waals surface area contributed by atoms with Crippen LogP contribution in [0.1, 0.15) is 19.4 Å². The van der Waals surface area contributed by atoms with E-state index in [0.717, 1.165) is 10.7 Å². The van der Waals surface area contributed by atoms with Crippen LogP contribution >= 0.6 is 11.8 Å². The summed E-state index contributed by atoms with van der Waals surface area (Å²) < 4.78 is 5.07. The van der Waals surface area contributed by atoms with Crippen LogP contribution in [-0.2, 0) is 4.79 Å². The van der Waals surface area contributed by atoms with E-state index < -0.39 is 0 Å². The van der Waals surface area contributed by atoms with Crippen molar-refractivity contribution in [2.45, 2.75) is 13.8 Å². The first kappa shape index (κ1) is 15.4. The van der Waals surface area contributed by atoms with Crippen LogP contribution in [0.15, 0.2) is 28.1 Å². The molecule has 2 rings (SSSR count). The highest BCUT2D eigenvalue weighted by Crippen LogP contribution is 2.34. The lowest BCUT2D eigenvalue weighted by Gasteiger charge is -2.11. The summed E-state index contributed by atoms with van der Waals surface area (Å²) in [5, 5.41) is 10.3. The quantitative estimate of drug-likeness (QED) is 0.869. The average Bonchev–Trinajstić information content (AvgIpc) is 2.77. The molecular formula is C15H18N2O3S. The van der Waals surface area contributed by atoms with Gasteiger partial charge in [0, 0.05) is 13.1 Å². The van der Waals surface area contributed by atoms with E-state index in [1.807, 2.05) is 13.8 Å². The van der Waals surface area contributed by atoms with Gasteiger partial charge in [0.1, 0.15) is 0 Å². The molecule has 1 fully saturated rings. The largest absolute Gasteiger partial charge is 0.504 e. The molecule has 1 aromatic rings. The Labute approximate surface area is 128 Å². The fourth-order valence-electron chi connectivity index (χ4n) is 1.98. The summed E-state index contributed by atoms with van der Waals surface area (Å²) in [4.78, 5) is 19.0. The Morgan fingerprint density at radius 1 is 1.43 bits per heavy atom. The van der Waals surface area contributed by atoms with Gasteiger partial charge in [-0.25, -0.2) is 0 Å². The van der Waals surface area contributed by atoms with E-state index in [1.165, 1.54) is 18.9 Å². The zero-order chi connectivity index (χ0) is 15.4. The van der Waals surface area contributed by atoms with Gasteiger partial charge in [0.25, 0.3) is 5.91 Å². The van der Waals surface area contributed by atoms with Crippen LogP contribution in [0.2, 0.25) is 0 Å². The van der Waals surface area contributed by atoms with Crippen LogP contribution in [0.5, 0.6) is 11.5 Å². The van der Waals surface area contributed by atoms with Crippen molar-refractivity contribution in [2.75, 3.05) is 20.2 Å². The molecule has 0 radical (unpaired) electrons. The van der Waals surface area contributed by atoms with Crippen LogP contribution in [-0.4, -0.2) is 41.3 Å². The topological polar surface area (TPSA) is 62.1 Å². The number of aliphatic imine (C=N–C) groups is 1. The zero-order valence-corrected chi connectivity index (χ0v) is 13.1. The summed E-state index contributed by atoms with van der Waals surface area (Å²) in [5.41, 5.74) is 0.800. The van der Waals surface area contributed by atoms with Crippen molar-refractivity contribution in [3.05, 3.63) is 28.7 Å². The highest BCUT2D eigenvalue weighted by molar-refractivity contribution is 8.18. The number of likely N-dealkylation sites (N-methyl/N-ethyl adjacent to an activating group) is 1. The maximum absolute atomic E-state index is 12.3. The Morgan fingerprint density at radius 3 is 2.81 bits per heavy atom. The molecule has 1 N–H and O–H groups in total. The zero-order valence-electron chi connectivity index (χ0n) is 12.3. The van der Waals surface area contributed by atoms with Crippen LogP contribution in [0.3, 0.4) is 0 Å². The predicted octanol–water partition coefficient (Wildman–Crippen LogP) is 2.71. The number of amides is 1. The Hall–Kier alpha value is -1.95. The first-order valence-electron chi connectivity index (χ1n) is 6.73. The smallest absolute Gasteiger partial charge is 0.266 e. The molecular weight excluding hydrogens is 288 g/mol. The number of phenolic OH excluding ortho intramolecular Hbond substituents is 1. The van der Waals surface area contributed by atoms with E-state index in [2.05, 4.69) is 4.99 Å². The molecule has 1 aromatic carbocycles. The van der Waals surface area contributed by atoms with Crippen molar-refractivity contribution in [3.63, 3.8) is 0 Å². The van der Waals surface area contributed by atoms with Crippen LogP contribution in [0, 0.1) is 0 Å². The highest BCUT2D eigenvalue weighted by atomic mass is 32.2. The first-order chi connectivity index (χ1) is 10.1. The molecule has 6 heteroatoms. The van der Waals surface area contributed by atoms with Gasteiger partial charge in [-0.05, 0) is 49.4 Å². The third kappa shape index (κ3) is 3.21. The van der Waals surface area contributed by atoms with Gasteiger partial charge in [-0.15, -0.1) is 0 Å². The molecule has 0 spiro atoms. The van der Waals surface area contributed by atoms with Crippen molar-refractivity contribution < 1.29 is 14.6 Å². The number of phenols is 1. The normalized spacial score (nSPS) is 18.8. The molecule has 0 aliphatic carbocycles. The Morgan fingerprint density at radius 2 is 2.19 bits per heavy atom. The predicted molar refractivity (Wildman–Crippen MR) is 85.6 cm³/mol. The lowest BCUT2D eigenvalue weighted by molar-refractivity contribution is -0.122. The van der Waals surface area contributed by atoms with Gasteiger partial charge >= 0.3 is 0 Å². The molecule has 112 valence electrons. The summed E-state index contributed by atoms with van der Waals surface area (Å²) >= 11 is 1.37. The van der Waals surface area contributed by atoms with Crippen molar-refractivity contribution in [2.24, 2.45) is 4.99 Å². The van der Waals surface area contributed by atoms with E-state index in [0.29, 0.717) is 23.7 Å². The maximum Gasteiger partial charge on any atom is 0.266 e. The number of hydrogen-bond acceptors (Lipinski definition) is 5. The fraction of sp³-hybridized carbons (Fsp3) is 0.333. The summed E-state index contributed by atoms with van der Waals surface area (Å²) in [6.45, 7) is 5.11. The number of amidine groups is 1. The molecule has 5 nitrogen and oxygen atoms in total. The Balaban J connectivity index is 2.33. The SMILES string of the molecule is CCN=C1S/C(=C\c2ccc(O)c(OC)c2)C(=O)N1CC. The monoisotopic (exact) mass is 306 g/mol. The molecule has 0 saturated carbocycles. The van der Waals surface area contributed by atoms with Crippen LogP contribution < -0.4 is 4.74 Å². The second-order valence-electron chi connectivity index (χ2n) is 4.35. The minimum Gasteiger partial charge on any atom is -0.504 e. The number of rotatable bonds is 4. The van der Waals surface area contributed by atoms with E-state index in [1.54, 1.807) is 29.2 Å². The summed E-state index contributed by atoms with van der Waals surface area (Å²) in [7, 11) is 1.49. The fourth-order valence-corrected chi connectivity index (χ4v) is 3.08. The van der Waals surface area contributed by atoms with Crippen molar-refractivity contribution in [3.8, 4) is 11.5 Å². The second-order valence-corrected chi connectivity index (χ2v) is 5.36. The Kier molecular flexibility index (Phi) is 4.90. The number of hydrogen-bond donors (Lipinski definition) is 1. The van der Waals surface area contributed by atoms with Gasteiger partial charge < -0.3 is 9.84 Å². The van der Waals surface area contributed by atoms with Crippen molar-refractivity contribution in [1.82, 2.24) is 4.90 Å². The van der Waals surface area contributed by atoms with E-state index in [9.17, 15) is 9.90 Å². The molecule has 0 unspecified atom stereocenters. The number of benzene rings is 1. The standard InChI is InChI=1S/C15H18N2O3S/c1-4-16-15-17(5-2)14(19)13(21-15)9-10-6-7-11(18)12(8-10)20-3/h6-9,18H,4-5H2,1-3H3/b13-9-,16-15?. The maximum atomic E-state index is 12.3. The molecule has 1 aliphatic rings. The third-order valence-electron chi connectivity index (χ3n) is 3.00. The van der Waals surface area contributed by atoms with Crippen LogP contribution in [0.25, 0.3) is 6.08 Å². The number of aromatic hydroxyl groups is 1. The molecule has 1 heterocycles. The molecule has 1 aliphatic heterocycles. The van der Waals surface area contributed by atoms with E-state index in [-0.39, 0.29) is 11.7 Å². The summed E-state index contributed by atoms with van der Waals surface area (Å²) in [5.74, 6) is 0.421. The molecule has 1 saturated heterocycles. The Bertz CT molecular complexity index is 611. The number of carbonyl (C=O) groups excluding carboxylic acids is 1. The van der Waals surface area contributed by atoms with E-state index >= 15 is 0 Å². The van der Waals surface area contributed by atoms with Crippen molar-refractivity contribution in [1.29, 1.82) is 0 Å². The molecule has 21 heavy (non-hydrogen) atoms. The number of ether oxygens (including phenoxy) is 1.